The van der Waals surface area contributed by atoms with E-state index in [2.05, 4.69) is 63.5 Å². The lowest BCUT2D eigenvalue weighted by Gasteiger charge is -2.22. The van der Waals surface area contributed by atoms with E-state index in [1.165, 1.54) is 0 Å². The zero-order valence-electron chi connectivity index (χ0n) is 16.8. The lowest BCUT2D eigenvalue weighted by molar-refractivity contribution is -0.131. The van der Waals surface area contributed by atoms with Gasteiger partial charge in [-0.15, -0.1) is 0 Å². The van der Waals surface area contributed by atoms with Gasteiger partial charge in [-0.3, -0.25) is 20.4 Å². The van der Waals surface area contributed by atoms with Crippen molar-refractivity contribution in [1.82, 2.24) is 10.9 Å². The fourth-order valence-corrected chi connectivity index (χ4v) is 4.13. The molecule has 6 nitrogen and oxygen atoms in total. The van der Waals surface area contributed by atoms with E-state index in [-0.39, 0.29) is 18.6 Å². The Hall–Kier alpha value is -2.06. The normalized spacial score (nSPS) is 11.0. The second-order valence-electron chi connectivity index (χ2n) is 7.45. The molecule has 0 spiro atoms. The summed E-state index contributed by atoms with van der Waals surface area (Å²) in [5.74, 6) is 0.253. The van der Waals surface area contributed by atoms with Gasteiger partial charge in [0.25, 0.3) is 11.8 Å². The Morgan fingerprint density at radius 3 is 2.14 bits per heavy atom. The highest BCUT2D eigenvalue weighted by molar-refractivity contribution is 9.11. The van der Waals surface area contributed by atoms with Crippen LogP contribution in [0.1, 0.15) is 31.9 Å². The minimum absolute atomic E-state index is 0.113. The Labute approximate surface area is 187 Å². The zero-order chi connectivity index (χ0) is 21.6. The van der Waals surface area contributed by atoms with E-state index < -0.39 is 11.8 Å². The molecule has 29 heavy (non-hydrogen) atoms. The van der Waals surface area contributed by atoms with Gasteiger partial charge in [0.2, 0.25) is 0 Å². The number of rotatable bonds is 6. The third-order valence-electron chi connectivity index (χ3n) is 3.94. The van der Waals surface area contributed by atoms with Crippen molar-refractivity contribution >= 4 is 43.7 Å². The summed E-state index contributed by atoms with van der Waals surface area (Å²) in [7, 11) is 0. The van der Waals surface area contributed by atoms with Gasteiger partial charge in [0.05, 0.1) is 4.47 Å². The van der Waals surface area contributed by atoms with Gasteiger partial charge in [-0.25, -0.2) is 0 Å². The van der Waals surface area contributed by atoms with E-state index in [9.17, 15) is 9.59 Å². The van der Waals surface area contributed by atoms with Crippen LogP contribution in [-0.4, -0.2) is 25.0 Å². The van der Waals surface area contributed by atoms with Gasteiger partial charge in [-0.1, -0.05) is 54.9 Å². The Kier molecular flexibility index (Phi) is 8.10. The summed E-state index contributed by atoms with van der Waals surface area (Å²) in [4.78, 5) is 24.0. The predicted octanol–water partition coefficient (Wildman–Crippen LogP) is 4.42. The molecule has 2 rings (SSSR count). The SMILES string of the molecule is Cc1cc(Br)cc(Br)c1OCC(=O)NNC(=O)COc1ccccc1C(C)(C)C. The second-order valence-corrected chi connectivity index (χ2v) is 9.22. The molecule has 0 aliphatic heterocycles. The number of carbonyl (C=O) groups excluding carboxylic acids is 2. The fraction of sp³-hybridized carbons (Fsp3) is 0.333. The summed E-state index contributed by atoms with van der Waals surface area (Å²) in [6.45, 7) is 7.63. The molecule has 2 amide bonds. The van der Waals surface area contributed by atoms with Crippen LogP contribution < -0.4 is 20.3 Å². The molecular formula is C21H24Br2N2O4. The van der Waals surface area contributed by atoms with Crippen molar-refractivity contribution < 1.29 is 19.1 Å². The number of benzene rings is 2. The monoisotopic (exact) mass is 526 g/mol. The average Bonchev–Trinajstić information content (AvgIpc) is 2.63. The maximum absolute atomic E-state index is 12.0. The number of nitrogens with one attached hydrogen (secondary N) is 2. The van der Waals surface area contributed by atoms with Gasteiger partial charge in [0.15, 0.2) is 13.2 Å². The minimum Gasteiger partial charge on any atom is -0.483 e. The number of hydrogen-bond acceptors (Lipinski definition) is 4. The van der Waals surface area contributed by atoms with Crippen molar-refractivity contribution in [3.05, 3.63) is 56.5 Å². The summed E-state index contributed by atoms with van der Waals surface area (Å²) in [5.41, 5.74) is 6.40. The van der Waals surface area contributed by atoms with Crippen molar-refractivity contribution in [2.24, 2.45) is 0 Å². The molecule has 0 unspecified atom stereocenters. The van der Waals surface area contributed by atoms with E-state index in [0.717, 1.165) is 20.1 Å². The number of hydrogen-bond donors (Lipinski definition) is 2. The fourth-order valence-electron chi connectivity index (χ4n) is 2.58. The number of aryl methyl sites for hydroxylation is 1. The number of ether oxygens (including phenoxy) is 2. The molecule has 0 saturated carbocycles. The minimum atomic E-state index is -0.484. The molecule has 0 radical (unpaired) electrons. The maximum atomic E-state index is 12.0. The van der Waals surface area contributed by atoms with Crippen LogP contribution in [0.2, 0.25) is 0 Å². The molecule has 156 valence electrons. The van der Waals surface area contributed by atoms with Crippen LogP contribution >= 0.6 is 31.9 Å². The molecule has 0 aliphatic carbocycles. The number of amides is 2. The van der Waals surface area contributed by atoms with E-state index in [4.69, 9.17) is 9.47 Å². The predicted molar refractivity (Wildman–Crippen MR) is 119 cm³/mol. The van der Waals surface area contributed by atoms with E-state index in [0.29, 0.717) is 11.5 Å². The van der Waals surface area contributed by atoms with Crippen molar-refractivity contribution in [2.75, 3.05) is 13.2 Å². The molecule has 2 aromatic rings. The molecule has 0 heterocycles. The average molecular weight is 528 g/mol. The lowest BCUT2D eigenvalue weighted by Crippen LogP contribution is -2.45. The number of carbonyl (C=O) groups is 2. The lowest BCUT2D eigenvalue weighted by atomic mass is 9.86. The summed E-state index contributed by atoms with van der Waals surface area (Å²) < 4.78 is 12.8. The molecule has 2 N–H and O–H groups in total. The van der Waals surface area contributed by atoms with Gasteiger partial charge in [-0.2, -0.15) is 0 Å². The van der Waals surface area contributed by atoms with Crippen LogP contribution in [0.4, 0.5) is 0 Å². The van der Waals surface area contributed by atoms with Crippen LogP contribution in [0.3, 0.4) is 0 Å². The van der Waals surface area contributed by atoms with Crippen LogP contribution in [0.25, 0.3) is 0 Å². The number of halogens is 2. The smallest absolute Gasteiger partial charge is 0.276 e. The summed E-state index contributed by atoms with van der Waals surface area (Å²) in [5, 5.41) is 0. The third-order valence-corrected chi connectivity index (χ3v) is 4.98. The highest BCUT2D eigenvalue weighted by Gasteiger charge is 2.19. The van der Waals surface area contributed by atoms with Gasteiger partial charge < -0.3 is 9.47 Å². The van der Waals surface area contributed by atoms with Crippen molar-refractivity contribution in [3.8, 4) is 11.5 Å². The molecule has 0 aromatic heterocycles. The van der Waals surface area contributed by atoms with Gasteiger partial charge in [-0.05, 0) is 57.6 Å². The highest BCUT2D eigenvalue weighted by atomic mass is 79.9. The molecule has 0 saturated heterocycles. The van der Waals surface area contributed by atoms with E-state index in [1.807, 2.05) is 43.3 Å². The van der Waals surface area contributed by atoms with Gasteiger partial charge in [0.1, 0.15) is 11.5 Å². The van der Waals surface area contributed by atoms with Crippen molar-refractivity contribution in [2.45, 2.75) is 33.1 Å². The first-order valence-corrected chi connectivity index (χ1v) is 10.5. The molecule has 2 aromatic carbocycles. The third kappa shape index (κ3) is 7.04. The molecule has 0 atom stereocenters. The first kappa shape index (κ1) is 23.2. The van der Waals surface area contributed by atoms with Crippen molar-refractivity contribution in [1.29, 1.82) is 0 Å². The van der Waals surface area contributed by atoms with Gasteiger partial charge in [0, 0.05) is 4.47 Å². The molecule has 0 bridgehead atoms. The first-order valence-electron chi connectivity index (χ1n) is 8.96. The zero-order valence-corrected chi connectivity index (χ0v) is 19.9. The number of para-hydroxylation sites is 1. The maximum Gasteiger partial charge on any atom is 0.276 e. The molecule has 0 aliphatic rings. The Morgan fingerprint density at radius 1 is 0.966 bits per heavy atom. The summed E-state index contributed by atoms with van der Waals surface area (Å²) in [6.07, 6.45) is 0. The Morgan fingerprint density at radius 2 is 1.55 bits per heavy atom. The topological polar surface area (TPSA) is 76.7 Å². The summed E-state index contributed by atoms with van der Waals surface area (Å²) in [6, 6.07) is 11.3. The largest absolute Gasteiger partial charge is 0.483 e. The number of hydrazine groups is 1. The Bertz CT molecular complexity index is 871. The van der Waals surface area contributed by atoms with Crippen molar-refractivity contribution in [3.63, 3.8) is 0 Å². The quantitative estimate of drug-likeness (QED) is 0.545. The molecule has 8 heteroatoms. The second kappa shape index (κ2) is 10.1. The first-order chi connectivity index (χ1) is 13.6. The van der Waals surface area contributed by atoms with Crippen LogP contribution in [0.15, 0.2) is 45.3 Å². The highest BCUT2D eigenvalue weighted by Crippen LogP contribution is 2.32. The molecular weight excluding hydrogens is 504 g/mol. The van der Waals surface area contributed by atoms with E-state index in [1.54, 1.807) is 0 Å². The van der Waals surface area contributed by atoms with Crippen LogP contribution in [0, 0.1) is 6.92 Å². The van der Waals surface area contributed by atoms with E-state index >= 15 is 0 Å². The van der Waals surface area contributed by atoms with Gasteiger partial charge >= 0.3 is 0 Å². The van der Waals surface area contributed by atoms with Crippen LogP contribution in [-0.2, 0) is 15.0 Å². The van der Waals surface area contributed by atoms with Crippen LogP contribution in [0.5, 0.6) is 11.5 Å². The standard InChI is InChI=1S/C21H24Br2N2O4/c1-13-9-14(22)10-16(23)20(13)29-12-19(27)25-24-18(26)11-28-17-8-6-5-7-15(17)21(2,3)4/h5-10H,11-12H2,1-4H3,(H,24,26)(H,25,27). The summed E-state index contributed by atoms with van der Waals surface area (Å²) >= 11 is 6.79. The molecule has 0 fully saturated rings. The Balaban J connectivity index is 1.81.